The molecule has 326 valence electrons. The van der Waals surface area contributed by atoms with Gasteiger partial charge in [-0.1, -0.05) is 57.7 Å². The van der Waals surface area contributed by atoms with Crippen LogP contribution in [0.4, 0.5) is 4.79 Å². The van der Waals surface area contributed by atoms with Crippen LogP contribution < -0.4 is 5.32 Å². The predicted octanol–water partition coefficient (Wildman–Crippen LogP) is 4.00. The molecule has 3 fully saturated rings. The second-order valence-corrected chi connectivity index (χ2v) is 18.2. The second kappa shape index (κ2) is 16.7. The normalized spacial score (nSPS) is 32.8. The number of hydrogen-bond acceptors (Lipinski definition) is 16. The molecule has 2 aromatic rings. The minimum absolute atomic E-state index is 0.00846. The van der Waals surface area contributed by atoms with E-state index in [4.69, 9.17) is 28.1 Å². The zero-order chi connectivity index (χ0) is 44.1. The highest BCUT2D eigenvalue weighted by Crippen LogP contribution is 2.64. The molecule has 3 aliphatic carbocycles. The van der Waals surface area contributed by atoms with Crippen LogP contribution in [-0.4, -0.2) is 110 Å². The minimum Gasteiger partial charge on any atom is -0.467 e. The first kappa shape index (κ1) is 45.0. The zero-order valence-corrected chi connectivity index (χ0v) is 35.6. The SMILES string of the molecule is CC(=O)O[C@H]1C(=O)[C@@]2(C)[C@H]([C@H](OC(=O)c3ccccc3)[C@]3(O)C[C@H](OC(=O)[C@H](O)[C@H](NC(=O)SCC(C)C)c4ccco4)C(C)=C1C3(C)C)[C@]1(OC(C)=O)CO[C@@H]1C[C@@H]2O. The van der Waals surface area contributed by atoms with Gasteiger partial charge in [-0.15, -0.1) is 0 Å². The van der Waals surface area contributed by atoms with Gasteiger partial charge in [-0.25, -0.2) is 9.59 Å². The molecular weight excluding hydrogens is 803 g/mol. The summed E-state index contributed by atoms with van der Waals surface area (Å²) in [6.07, 6.45) is -9.25. The average Bonchev–Trinajstić information content (AvgIpc) is 3.72. The van der Waals surface area contributed by atoms with Crippen molar-refractivity contribution in [3.63, 3.8) is 0 Å². The van der Waals surface area contributed by atoms with Crippen molar-refractivity contribution in [2.75, 3.05) is 12.4 Å². The third-order valence-corrected chi connectivity index (χ3v) is 13.9. The van der Waals surface area contributed by atoms with Gasteiger partial charge in [-0.2, -0.15) is 0 Å². The summed E-state index contributed by atoms with van der Waals surface area (Å²) in [7, 11) is 0. The maximum Gasteiger partial charge on any atom is 0.338 e. The van der Waals surface area contributed by atoms with Crippen molar-refractivity contribution in [2.45, 2.75) is 122 Å². The largest absolute Gasteiger partial charge is 0.467 e. The number of aliphatic hydroxyl groups excluding tert-OH is 2. The molecule has 0 unspecified atom stereocenters. The highest BCUT2D eigenvalue weighted by atomic mass is 32.2. The van der Waals surface area contributed by atoms with E-state index in [2.05, 4.69) is 5.32 Å². The summed E-state index contributed by atoms with van der Waals surface area (Å²) in [5, 5.41) is 39.3. The molecule has 16 nitrogen and oxygen atoms in total. The van der Waals surface area contributed by atoms with E-state index in [0.717, 1.165) is 25.6 Å². The lowest BCUT2D eigenvalue weighted by atomic mass is 9.44. The number of rotatable bonds is 11. The molecule has 6 rings (SSSR count). The third kappa shape index (κ3) is 7.67. The van der Waals surface area contributed by atoms with Crippen LogP contribution in [0.15, 0.2) is 64.3 Å². The first-order valence-electron chi connectivity index (χ1n) is 19.9. The molecule has 4 N–H and O–H groups in total. The van der Waals surface area contributed by atoms with E-state index in [1.165, 1.54) is 44.4 Å². The van der Waals surface area contributed by atoms with Gasteiger partial charge in [0, 0.05) is 37.9 Å². The summed E-state index contributed by atoms with van der Waals surface area (Å²) < 4.78 is 35.6. The molecule has 60 heavy (non-hydrogen) atoms. The van der Waals surface area contributed by atoms with Crippen molar-refractivity contribution in [3.05, 3.63) is 71.2 Å². The maximum absolute atomic E-state index is 15.4. The standard InChI is InChI=1S/C43H53NO15S/c1-21(2)19-60-39(52)44-31(26-15-12-16-54-26)32(48)38(51)57-27-18-43(53)36(58-37(50)25-13-10-9-11-14-25)34-41(8,28(47)17-29-42(34,20-55-29)59-24(5)46)35(49)33(56-23(4)45)30(22(27)3)40(43,6)7/h9-16,21,27-29,31-34,36,47-48,53H,17-20H2,1-8H3,(H,44,52)/t27-,28-,29+,31+,32+,33+,34-,36-,41+,42-,43+/m0/s1. The van der Waals surface area contributed by atoms with E-state index in [0.29, 0.717) is 5.75 Å². The Balaban J connectivity index is 1.52. The maximum atomic E-state index is 15.4. The number of hydrogen-bond donors (Lipinski definition) is 4. The van der Waals surface area contributed by atoms with Gasteiger partial charge in [0.2, 0.25) is 0 Å². The highest BCUT2D eigenvalue weighted by molar-refractivity contribution is 8.13. The predicted molar refractivity (Wildman–Crippen MR) is 212 cm³/mol. The fraction of sp³-hybridized carbons (Fsp3) is 0.581. The Morgan fingerprint density at radius 1 is 0.983 bits per heavy atom. The van der Waals surface area contributed by atoms with Gasteiger partial charge < -0.3 is 48.7 Å². The number of ketones is 1. The van der Waals surface area contributed by atoms with E-state index >= 15 is 4.79 Å². The summed E-state index contributed by atoms with van der Waals surface area (Å²) in [6.45, 7) is 11.8. The molecule has 1 saturated heterocycles. The van der Waals surface area contributed by atoms with Gasteiger partial charge in [0.25, 0.3) is 5.24 Å². The fourth-order valence-electron chi connectivity index (χ4n) is 9.55. The van der Waals surface area contributed by atoms with Crippen LogP contribution in [0.2, 0.25) is 0 Å². The van der Waals surface area contributed by atoms with Crippen LogP contribution in [0.5, 0.6) is 0 Å². The Labute approximate surface area is 351 Å². The first-order chi connectivity index (χ1) is 28.1. The molecule has 17 heteroatoms. The van der Waals surface area contributed by atoms with Gasteiger partial charge in [0.05, 0.1) is 35.9 Å². The molecule has 0 spiro atoms. The Morgan fingerprint density at radius 2 is 1.67 bits per heavy atom. The lowest BCUT2D eigenvalue weighted by molar-refractivity contribution is -0.346. The number of carbonyl (C=O) groups excluding carboxylic acids is 6. The fourth-order valence-corrected chi connectivity index (χ4v) is 10.2. The van der Waals surface area contributed by atoms with Crippen molar-refractivity contribution >= 4 is 46.7 Å². The van der Waals surface area contributed by atoms with E-state index < -0.39 is 112 Å². The molecule has 2 bridgehead atoms. The number of fused-ring (bicyclic) bond motifs is 5. The van der Waals surface area contributed by atoms with Crippen molar-refractivity contribution in [1.29, 1.82) is 0 Å². The summed E-state index contributed by atoms with van der Waals surface area (Å²) in [4.78, 5) is 82.6. The molecule has 1 aliphatic heterocycles. The number of esters is 4. The third-order valence-electron chi connectivity index (χ3n) is 12.7. The first-order valence-corrected chi connectivity index (χ1v) is 20.8. The van der Waals surface area contributed by atoms with Crippen LogP contribution in [0.1, 0.15) is 90.4 Å². The second-order valence-electron chi connectivity index (χ2n) is 17.3. The smallest absolute Gasteiger partial charge is 0.338 e. The van der Waals surface area contributed by atoms with Crippen LogP contribution >= 0.6 is 11.8 Å². The summed E-state index contributed by atoms with van der Waals surface area (Å²) in [5.74, 6) is -5.64. The minimum atomic E-state index is -2.39. The lowest BCUT2D eigenvalue weighted by Gasteiger charge is -2.67. The molecule has 1 aromatic carbocycles. The monoisotopic (exact) mass is 855 g/mol. The van der Waals surface area contributed by atoms with Crippen LogP contribution in [0.25, 0.3) is 0 Å². The zero-order valence-electron chi connectivity index (χ0n) is 34.8. The van der Waals surface area contributed by atoms with Gasteiger partial charge in [0.15, 0.2) is 23.6 Å². The summed E-state index contributed by atoms with van der Waals surface area (Å²) in [6, 6.07) is 9.37. The Morgan fingerprint density at radius 3 is 2.23 bits per heavy atom. The molecule has 0 radical (unpaired) electrons. The van der Waals surface area contributed by atoms with Gasteiger partial charge in [-0.3, -0.25) is 19.2 Å². The molecule has 11 atom stereocenters. The number of benzene rings is 1. The number of carbonyl (C=O) groups is 6. The topological polar surface area (TPSA) is 234 Å². The average molecular weight is 856 g/mol. The number of ether oxygens (including phenoxy) is 5. The summed E-state index contributed by atoms with van der Waals surface area (Å²) >= 11 is 0.947. The number of Topliss-reactive ketones (excluding diaryl/α,β-unsaturated/α-hetero) is 1. The van der Waals surface area contributed by atoms with Crippen molar-refractivity contribution in [1.82, 2.24) is 5.32 Å². The van der Waals surface area contributed by atoms with Gasteiger partial charge in [-0.05, 0) is 55.2 Å². The number of furan rings is 1. The highest BCUT2D eigenvalue weighted by Gasteiger charge is 2.78. The van der Waals surface area contributed by atoms with E-state index in [9.17, 15) is 39.3 Å². The molecular formula is C43H53NO15S. The van der Waals surface area contributed by atoms with Crippen molar-refractivity contribution in [2.24, 2.45) is 22.7 Å². The van der Waals surface area contributed by atoms with Crippen molar-refractivity contribution in [3.8, 4) is 0 Å². The van der Waals surface area contributed by atoms with Crippen LogP contribution in [0.3, 0.4) is 0 Å². The Kier molecular flexibility index (Phi) is 12.5. The molecule has 1 aromatic heterocycles. The number of aliphatic hydroxyl groups is 3. The number of thioether (sulfide) groups is 1. The quantitative estimate of drug-likeness (QED) is 0.142. The van der Waals surface area contributed by atoms with E-state index in [1.807, 2.05) is 13.8 Å². The van der Waals surface area contributed by atoms with Crippen LogP contribution in [-0.2, 0) is 42.9 Å². The molecule has 4 aliphatic rings. The van der Waals surface area contributed by atoms with E-state index in [1.54, 1.807) is 32.0 Å². The van der Waals surface area contributed by atoms with Crippen molar-refractivity contribution < 1.29 is 72.2 Å². The molecule has 2 saturated carbocycles. The number of nitrogens with one attached hydrogen (secondary N) is 1. The Hall–Kier alpha value is -4.55. The van der Waals surface area contributed by atoms with Gasteiger partial charge in [0.1, 0.15) is 35.7 Å². The lowest BCUT2D eigenvalue weighted by Crippen LogP contribution is -2.82. The molecule has 1 amide bonds. The number of amides is 1. The Bertz CT molecular complexity index is 2030. The summed E-state index contributed by atoms with van der Waals surface area (Å²) in [5.41, 5.74) is -7.65. The van der Waals surface area contributed by atoms with Crippen LogP contribution in [0, 0.1) is 22.7 Å². The van der Waals surface area contributed by atoms with E-state index in [-0.39, 0.29) is 41.4 Å². The molecule has 2 heterocycles. The van der Waals surface area contributed by atoms with Gasteiger partial charge >= 0.3 is 23.9 Å².